The second-order valence-corrected chi connectivity index (χ2v) is 8.72. The monoisotopic (exact) mass is 439 g/mol. The van der Waals surface area contributed by atoms with Crippen molar-refractivity contribution >= 4 is 21.6 Å². The van der Waals surface area contributed by atoms with Crippen LogP contribution >= 0.6 is 0 Å². The van der Waals surface area contributed by atoms with Crippen LogP contribution in [0.4, 0.5) is 5.69 Å². The zero-order chi connectivity index (χ0) is 22.4. The second-order valence-electron chi connectivity index (χ2n) is 6.94. The van der Waals surface area contributed by atoms with E-state index in [2.05, 4.69) is 0 Å². The van der Waals surface area contributed by atoms with Crippen LogP contribution in [0, 0.1) is 6.92 Å². The van der Waals surface area contributed by atoms with Crippen molar-refractivity contribution in [3.63, 3.8) is 0 Å². The Hall–Kier alpha value is -3.32. The molecule has 0 saturated carbocycles. The smallest absolute Gasteiger partial charge is 0.278 e. The van der Waals surface area contributed by atoms with E-state index in [1.807, 2.05) is 13.8 Å². The summed E-state index contributed by atoms with van der Waals surface area (Å²) in [4.78, 5) is 13.2. The lowest BCUT2D eigenvalue weighted by Crippen LogP contribution is -2.40. The maximum atomic E-state index is 13.4. The van der Waals surface area contributed by atoms with Crippen molar-refractivity contribution in [3.05, 3.63) is 83.9 Å². The number of hydrogen-bond acceptors (Lipinski definition) is 5. The first kappa shape index (κ1) is 22.4. The fourth-order valence-corrected chi connectivity index (χ4v) is 4.45. The number of aryl methyl sites for hydroxylation is 2. The standard InChI is InChI=1S/C24H25NO5S/c1-4-19-11-13-20(14-12-19)25(31(27,28)21-15-9-18(2)10-16-21)24(26)17-30-23-8-6-5-7-22(23)29-3/h5-16H,4,17H2,1-3H3. The van der Waals surface area contributed by atoms with Gasteiger partial charge in [0.25, 0.3) is 15.9 Å². The summed E-state index contributed by atoms with van der Waals surface area (Å²) in [5.74, 6) is 0.0960. The molecule has 0 N–H and O–H groups in total. The molecule has 0 saturated heterocycles. The highest BCUT2D eigenvalue weighted by atomic mass is 32.2. The van der Waals surface area contributed by atoms with E-state index >= 15 is 0 Å². The number of rotatable bonds is 8. The maximum Gasteiger partial charge on any atom is 0.278 e. The fraction of sp³-hybridized carbons (Fsp3) is 0.208. The number of sulfonamides is 1. The van der Waals surface area contributed by atoms with Crippen molar-refractivity contribution in [1.29, 1.82) is 0 Å². The molecule has 3 aromatic rings. The third-order valence-electron chi connectivity index (χ3n) is 4.79. The van der Waals surface area contributed by atoms with Crippen LogP contribution in [0.25, 0.3) is 0 Å². The predicted octanol–water partition coefficient (Wildman–Crippen LogP) is 4.37. The van der Waals surface area contributed by atoms with Gasteiger partial charge in [0.2, 0.25) is 0 Å². The zero-order valence-electron chi connectivity index (χ0n) is 17.7. The van der Waals surface area contributed by atoms with Gasteiger partial charge in [0.05, 0.1) is 17.7 Å². The van der Waals surface area contributed by atoms with Crippen LogP contribution in [0.2, 0.25) is 0 Å². The molecule has 0 unspecified atom stereocenters. The lowest BCUT2D eigenvalue weighted by atomic mass is 10.1. The van der Waals surface area contributed by atoms with Crippen LogP contribution in [0.5, 0.6) is 11.5 Å². The molecule has 0 aliphatic rings. The lowest BCUT2D eigenvalue weighted by Gasteiger charge is -2.23. The molecule has 7 heteroatoms. The molecule has 0 aliphatic carbocycles. The van der Waals surface area contributed by atoms with Gasteiger partial charge in [0, 0.05) is 0 Å². The van der Waals surface area contributed by atoms with Gasteiger partial charge in [0.15, 0.2) is 18.1 Å². The molecule has 0 aliphatic heterocycles. The number of amides is 1. The molecule has 162 valence electrons. The van der Waals surface area contributed by atoms with Crippen molar-refractivity contribution in [3.8, 4) is 11.5 Å². The molecule has 31 heavy (non-hydrogen) atoms. The maximum absolute atomic E-state index is 13.4. The first-order chi connectivity index (χ1) is 14.9. The molecule has 3 rings (SSSR count). The van der Waals surface area contributed by atoms with Crippen molar-refractivity contribution in [1.82, 2.24) is 0 Å². The minimum atomic E-state index is -4.14. The van der Waals surface area contributed by atoms with Gasteiger partial charge in [-0.15, -0.1) is 0 Å². The Morgan fingerprint density at radius 2 is 1.52 bits per heavy atom. The number of para-hydroxylation sites is 2. The molecule has 0 radical (unpaired) electrons. The predicted molar refractivity (Wildman–Crippen MR) is 120 cm³/mol. The highest BCUT2D eigenvalue weighted by Crippen LogP contribution is 2.28. The fourth-order valence-electron chi connectivity index (χ4n) is 3.04. The largest absolute Gasteiger partial charge is 0.493 e. The van der Waals surface area contributed by atoms with Crippen molar-refractivity contribution in [2.45, 2.75) is 25.2 Å². The number of methoxy groups -OCH3 is 1. The summed E-state index contributed by atoms with van der Waals surface area (Å²) in [7, 11) is -2.64. The van der Waals surface area contributed by atoms with Crippen LogP contribution in [0.3, 0.4) is 0 Å². The minimum Gasteiger partial charge on any atom is -0.493 e. The van der Waals surface area contributed by atoms with Gasteiger partial charge in [-0.05, 0) is 55.3 Å². The normalized spacial score (nSPS) is 11.1. The average molecular weight is 440 g/mol. The van der Waals surface area contributed by atoms with Crippen LogP contribution in [-0.4, -0.2) is 28.0 Å². The highest BCUT2D eigenvalue weighted by molar-refractivity contribution is 7.93. The van der Waals surface area contributed by atoms with Crippen LogP contribution in [0.15, 0.2) is 77.7 Å². The number of nitrogens with zero attached hydrogens (tertiary/aromatic N) is 1. The summed E-state index contributed by atoms with van der Waals surface area (Å²) in [5, 5.41) is 0. The molecule has 1 amide bonds. The lowest BCUT2D eigenvalue weighted by molar-refractivity contribution is -0.119. The SMILES string of the molecule is CCc1ccc(N(C(=O)COc2ccccc2OC)S(=O)(=O)c2ccc(C)cc2)cc1. The van der Waals surface area contributed by atoms with Crippen LogP contribution in [-0.2, 0) is 21.2 Å². The van der Waals surface area contributed by atoms with E-state index in [4.69, 9.17) is 9.47 Å². The van der Waals surface area contributed by atoms with E-state index in [1.54, 1.807) is 60.7 Å². The molecule has 3 aromatic carbocycles. The average Bonchev–Trinajstić information content (AvgIpc) is 2.78. The summed E-state index contributed by atoms with van der Waals surface area (Å²) in [6, 6.07) is 20.1. The van der Waals surface area contributed by atoms with Gasteiger partial charge >= 0.3 is 0 Å². The van der Waals surface area contributed by atoms with E-state index in [0.717, 1.165) is 21.9 Å². The van der Waals surface area contributed by atoms with Crippen molar-refractivity contribution in [2.24, 2.45) is 0 Å². The summed E-state index contributed by atoms with van der Waals surface area (Å²) < 4.78 is 38.4. The van der Waals surface area contributed by atoms with E-state index in [-0.39, 0.29) is 10.6 Å². The first-order valence-corrected chi connectivity index (χ1v) is 11.3. The Labute approximate surface area is 183 Å². The van der Waals surface area contributed by atoms with E-state index < -0.39 is 22.5 Å². The topological polar surface area (TPSA) is 72.9 Å². The van der Waals surface area contributed by atoms with Crippen LogP contribution in [0.1, 0.15) is 18.1 Å². The third-order valence-corrected chi connectivity index (χ3v) is 6.55. The summed E-state index contributed by atoms with van der Waals surface area (Å²) in [6.07, 6.45) is 0.801. The Kier molecular flexibility index (Phi) is 6.97. The molecular formula is C24H25NO5S. The second kappa shape index (κ2) is 9.66. The van der Waals surface area contributed by atoms with E-state index in [0.29, 0.717) is 11.5 Å². The third kappa shape index (κ3) is 5.06. The van der Waals surface area contributed by atoms with Crippen molar-refractivity contribution in [2.75, 3.05) is 18.0 Å². The quantitative estimate of drug-likeness (QED) is 0.521. The Bertz CT molecular complexity index is 1140. The Morgan fingerprint density at radius 1 is 0.903 bits per heavy atom. The van der Waals surface area contributed by atoms with Gasteiger partial charge in [-0.2, -0.15) is 4.31 Å². The van der Waals surface area contributed by atoms with E-state index in [1.165, 1.54) is 19.2 Å². The van der Waals surface area contributed by atoms with Gasteiger partial charge < -0.3 is 9.47 Å². The zero-order valence-corrected chi connectivity index (χ0v) is 18.6. The van der Waals surface area contributed by atoms with Gasteiger partial charge in [-0.1, -0.05) is 48.9 Å². The molecule has 6 nitrogen and oxygen atoms in total. The number of carbonyl (C=O) groups excluding carboxylic acids is 1. The minimum absolute atomic E-state index is 0.0308. The molecule has 0 bridgehead atoms. The van der Waals surface area contributed by atoms with Crippen LogP contribution < -0.4 is 13.8 Å². The number of anilines is 1. The summed E-state index contributed by atoms with van der Waals surface area (Å²) in [6.45, 7) is 3.40. The van der Waals surface area contributed by atoms with Gasteiger partial charge in [0.1, 0.15) is 0 Å². The number of ether oxygens (including phenoxy) is 2. The molecule has 0 aromatic heterocycles. The number of carbonyl (C=O) groups is 1. The Balaban J connectivity index is 1.96. The number of hydrogen-bond donors (Lipinski definition) is 0. The highest BCUT2D eigenvalue weighted by Gasteiger charge is 2.31. The van der Waals surface area contributed by atoms with Crippen molar-refractivity contribution < 1.29 is 22.7 Å². The number of benzene rings is 3. The summed E-state index contributed by atoms with van der Waals surface area (Å²) >= 11 is 0. The van der Waals surface area contributed by atoms with Gasteiger partial charge in [-0.25, -0.2) is 8.42 Å². The van der Waals surface area contributed by atoms with Gasteiger partial charge in [-0.3, -0.25) is 4.79 Å². The first-order valence-electron chi connectivity index (χ1n) is 9.86. The molecule has 0 heterocycles. The molecule has 0 atom stereocenters. The van der Waals surface area contributed by atoms with E-state index in [9.17, 15) is 13.2 Å². The molecule has 0 fully saturated rings. The molecule has 0 spiro atoms. The summed E-state index contributed by atoms with van der Waals surface area (Å²) in [5.41, 5.74) is 2.21. The Morgan fingerprint density at radius 3 is 2.10 bits per heavy atom. The molecular weight excluding hydrogens is 414 g/mol.